The topological polar surface area (TPSA) is 108 Å². The van der Waals surface area contributed by atoms with E-state index in [4.69, 9.17) is 16.6 Å². The molecule has 8 nitrogen and oxygen atoms in total. The highest BCUT2D eigenvalue weighted by atomic mass is 35.5. The van der Waals surface area contributed by atoms with E-state index >= 15 is 0 Å². The van der Waals surface area contributed by atoms with Gasteiger partial charge >= 0.3 is 0 Å². The lowest BCUT2D eigenvalue weighted by molar-refractivity contribution is 0.0303. The number of fused-ring (bicyclic) bond motifs is 1. The maximum Gasteiger partial charge on any atom is 0.226 e. The summed E-state index contributed by atoms with van der Waals surface area (Å²) >= 11 is 6.08. The first-order valence-corrected chi connectivity index (χ1v) is 11.5. The van der Waals surface area contributed by atoms with Gasteiger partial charge in [0, 0.05) is 36.1 Å². The number of phenolic OH excluding ortho intramolecular Hbond substituents is 1. The predicted octanol–water partition coefficient (Wildman–Crippen LogP) is 4.81. The number of aromatic nitrogens is 4. The van der Waals surface area contributed by atoms with E-state index in [0.29, 0.717) is 41.0 Å². The fourth-order valence-electron chi connectivity index (χ4n) is 3.21. The minimum Gasteiger partial charge on any atom is -0.508 e. The summed E-state index contributed by atoms with van der Waals surface area (Å²) in [6, 6.07) is 4.94. The van der Waals surface area contributed by atoms with Crippen molar-refractivity contribution in [3.05, 3.63) is 35.1 Å². The van der Waals surface area contributed by atoms with Crippen LogP contribution in [0.3, 0.4) is 0 Å². The van der Waals surface area contributed by atoms with Crippen molar-refractivity contribution in [2.45, 2.75) is 65.6 Å². The number of aryl methyl sites for hydroxylation is 1. The van der Waals surface area contributed by atoms with Crippen LogP contribution in [0, 0.1) is 5.92 Å². The van der Waals surface area contributed by atoms with Crippen LogP contribution < -0.4 is 10.6 Å². The molecule has 2 heterocycles. The number of nitrogens with one attached hydrogen (secondary N) is 2. The summed E-state index contributed by atoms with van der Waals surface area (Å²) in [6.07, 6.45) is 5.11. The number of phenols is 1. The second kappa shape index (κ2) is 10.4. The maximum absolute atomic E-state index is 10.2. The van der Waals surface area contributed by atoms with Gasteiger partial charge in [-0.3, -0.25) is 0 Å². The Labute approximate surface area is 194 Å². The van der Waals surface area contributed by atoms with E-state index in [-0.39, 0.29) is 11.7 Å². The number of hydrogen-bond acceptors (Lipinski definition) is 7. The highest BCUT2D eigenvalue weighted by Gasteiger charge is 2.22. The first-order valence-electron chi connectivity index (χ1n) is 11.1. The molecule has 1 unspecified atom stereocenters. The van der Waals surface area contributed by atoms with Crippen molar-refractivity contribution in [1.82, 2.24) is 19.5 Å². The molecule has 0 bridgehead atoms. The first-order chi connectivity index (χ1) is 15.2. The van der Waals surface area contributed by atoms with Gasteiger partial charge in [-0.2, -0.15) is 9.97 Å². The lowest BCUT2D eigenvalue weighted by Crippen LogP contribution is -2.33. The Kier molecular flexibility index (Phi) is 7.79. The zero-order valence-corrected chi connectivity index (χ0v) is 19.9. The molecule has 0 saturated heterocycles. The number of aromatic hydroxyl groups is 1. The molecule has 0 amide bonds. The van der Waals surface area contributed by atoms with Gasteiger partial charge in [0.2, 0.25) is 5.95 Å². The van der Waals surface area contributed by atoms with E-state index in [1.54, 1.807) is 38.4 Å². The van der Waals surface area contributed by atoms with Gasteiger partial charge in [0.15, 0.2) is 17.0 Å². The number of anilines is 2. The number of unbranched alkanes of at least 4 members (excludes halogenated alkanes) is 2. The lowest BCUT2D eigenvalue weighted by Gasteiger charge is -2.26. The second-order valence-electron chi connectivity index (χ2n) is 8.78. The molecule has 3 rings (SSSR count). The van der Waals surface area contributed by atoms with Crippen molar-refractivity contribution < 1.29 is 10.2 Å². The van der Waals surface area contributed by atoms with Crippen LogP contribution in [0.1, 0.15) is 52.5 Å². The van der Waals surface area contributed by atoms with Crippen molar-refractivity contribution in [3.63, 3.8) is 0 Å². The van der Waals surface area contributed by atoms with Crippen LogP contribution in [0.25, 0.3) is 11.2 Å². The van der Waals surface area contributed by atoms with Crippen molar-refractivity contribution in [1.29, 1.82) is 0 Å². The van der Waals surface area contributed by atoms with Crippen LogP contribution in [-0.4, -0.2) is 41.9 Å². The number of benzene rings is 1. The standard InChI is InChI=1S/C23H33ClN6O2/c1-5-6-7-10-30-14-27-19-20(25-13-16-11-17(24)8-9-18(16)31)28-22(29-21(19)30)26-12-15(2)23(3,4)32/h8-9,11,14-15,31-32H,5-7,10,12-13H2,1-4H3,(H2,25,26,28,29). The molecule has 4 N–H and O–H groups in total. The molecule has 174 valence electrons. The molecule has 0 radical (unpaired) electrons. The summed E-state index contributed by atoms with van der Waals surface area (Å²) in [5.41, 5.74) is 1.26. The number of aliphatic hydroxyl groups is 1. The maximum atomic E-state index is 10.2. The summed E-state index contributed by atoms with van der Waals surface area (Å²) in [6.45, 7) is 9.41. The molecule has 32 heavy (non-hydrogen) atoms. The van der Waals surface area contributed by atoms with E-state index in [1.165, 1.54) is 0 Å². The second-order valence-corrected chi connectivity index (χ2v) is 9.21. The summed E-state index contributed by atoms with van der Waals surface area (Å²) in [5.74, 6) is 1.19. The van der Waals surface area contributed by atoms with Gasteiger partial charge in [-0.25, -0.2) is 4.98 Å². The summed E-state index contributed by atoms with van der Waals surface area (Å²) in [4.78, 5) is 13.9. The number of nitrogens with zero attached hydrogens (tertiary/aromatic N) is 4. The molecular formula is C23H33ClN6O2. The lowest BCUT2D eigenvalue weighted by atomic mass is 9.93. The molecule has 0 spiro atoms. The Hall–Kier alpha value is -2.58. The van der Waals surface area contributed by atoms with Crippen LogP contribution in [0.15, 0.2) is 24.5 Å². The van der Waals surface area contributed by atoms with Crippen molar-refractivity contribution in [2.24, 2.45) is 5.92 Å². The van der Waals surface area contributed by atoms with Gasteiger partial charge in [0.1, 0.15) is 5.75 Å². The Morgan fingerprint density at radius 2 is 1.97 bits per heavy atom. The van der Waals surface area contributed by atoms with Crippen LogP contribution in [0.2, 0.25) is 5.02 Å². The molecule has 9 heteroatoms. The van der Waals surface area contributed by atoms with Gasteiger partial charge in [-0.15, -0.1) is 0 Å². The Morgan fingerprint density at radius 3 is 2.69 bits per heavy atom. The van der Waals surface area contributed by atoms with Crippen LogP contribution in [-0.2, 0) is 13.1 Å². The zero-order chi connectivity index (χ0) is 23.3. The largest absolute Gasteiger partial charge is 0.508 e. The highest BCUT2D eigenvalue weighted by molar-refractivity contribution is 6.30. The molecular weight excluding hydrogens is 428 g/mol. The third-order valence-electron chi connectivity index (χ3n) is 5.73. The van der Waals surface area contributed by atoms with E-state index in [9.17, 15) is 10.2 Å². The van der Waals surface area contributed by atoms with Gasteiger partial charge in [-0.1, -0.05) is 38.3 Å². The third-order valence-corrected chi connectivity index (χ3v) is 5.96. The number of halogens is 1. The smallest absolute Gasteiger partial charge is 0.226 e. The minimum absolute atomic E-state index is 0.00363. The fraction of sp³-hybridized carbons (Fsp3) is 0.522. The molecule has 1 atom stereocenters. The highest BCUT2D eigenvalue weighted by Crippen LogP contribution is 2.26. The Morgan fingerprint density at radius 1 is 1.19 bits per heavy atom. The summed E-state index contributed by atoms with van der Waals surface area (Å²) in [7, 11) is 0. The molecule has 0 saturated carbocycles. The molecule has 2 aromatic heterocycles. The first kappa shape index (κ1) is 24.1. The van der Waals surface area contributed by atoms with Crippen LogP contribution >= 0.6 is 11.6 Å². The molecule has 0 aliphatic carbocycles. The average Bonchev–Trinajstić information content (AvgIpc) is 3.15. The van der Waals surface area contributed by atoms with E-state index in [0.717, 1.165) is 31.5 Å². The van der Waals surface area contributed by atoms with Gasteiger partial charge in [0.05, 0.1) is 11.9 Å². The van der Waals surface area contributed by atoms with Crippen molar-refractivity contribution in [3.8, 4) is 5.75 Å². The molecule has 0 aliphatic rings. The van der Waals surface area contributed by atoms with E-state index in [2.05, 4.69) is 27.5 Å². The predicted molar refractivity (Wildman–Crippen MR) is 129 cm³/mol. The zero-order valence-electron chi connectivity index (χ0n) is 19.2. The van der Waals surface area contributed by atoms with E-state index in [1.807, 2.05) is 11.5 Å². The molecule has 0 fully saturated rings. The SMILES string of the molecule is CCCCCn1cnc2c(NCc3cc(Cl)ccc3O)nc(NCC(C)C(C)(C)O)nc21. The molecule has 0 aliphatic heterocycles. The minimum atomic E-state index is -0.815. The summed E-state index contributed by atoms with van der Waals surface area (Å²) in [5, 5.41) is 27.5. The van der Waals surface area contributed by atoms with Crippen molar-refractivity contribution in [2.75, 3.05) is 17.2 Å². The number of imidazole rings is 1. The van der Waals surface area contributed by atoms with E-state index < -0.39 is 5.60 Å². The Bertz CT molecular complexity index is 1050. The quantitative estimate of drug-likeness (QED) is 0.304. The fourth-order valence-corrected chi connectivity index (χ4v) is 3.41. The van der Waals surface area contributed by atoms with Crippen molar-refractivity contribution >= 4 is 34.5 Å². The Balaban J connectivity index is 1.89. The third kappa shape index (κ3) is 6.01. The number of hydrogen-bond donors (Lipinski definition) is 4. The normalized spacial score (nSPS) is 12.8. The van der Waals surface area contributed by atoms with Gasteiger partial charge in [-0.05, 0) is 38.5 Å². The van der Waals surface area contributed by atoms with Crippen LogP contribution in [0.5, 0.6) is 5.75 Å². The van der Waals surface area contributed by atoms with Gasteiger partial charge < -0.3 is 25.4 Å². The molecule has 1 aromatic carbocycles. The molecule has 3 aromatic rings. The monoisotopic (exact) mass is 460 g/mol. The summed E-state index contributed by atoms with van der Waals surface area (Å²) < 4.78 is 2.04. The van der Waals surface area contributed by atoms with Gasteiger partial charge in [0.25, 0.3) is 0 Å². The van der Waals surface area contributed by atoms with Crippen LogP contribution in [0.4, 0.5) is 11.8 Å². The number of rotatable bonds is 11. The average molecular weight is 461 g/mol.